The number of nitrogens with one attached hydrogen (secondary N) is 1. The predicted molar refractivity (Wildman–Crippen MR) is 61.2 cm³/mol. The van der Waals surface area contributed by atoms with E-state index in [1.54, 1.807) is 20.0 Å². The number of carbonyl (C=O) groups is 1. The molecule has 0 spiro atoms. The lowest BCUT2D eigenvalue weighted by Crippen LogP contribution is -2.28. The molecule has 1 unspecified atom stereocenters. The van der Waals surface area contributed by atoms with Crippen molar-refractivity contribution in [3.05, 3.63) is 33.7 Å². The molecule has 4 heteroatoms. The Hall–Kier alpha value is -1.58. The van der Waals surface area contributed by atoms with Crippen molar-refractivity contribution in [3.63, 3.8) is 0 Å². The van der Waals surface area contributed by atoms with Crippen molar-refractivity contribution in [2.45, 2.75) is 32.7 Å². The molecule has 1 fully saturated rings. The number of pyridine rings is 1. The molecule has 0 saturated carbocycles. The van der Waals surface area contributed by atoms with Crippen LogP contribution < -0.4 is 5.56 Å². The molecular weight excluding hydrogens is 204 g/mol. The summed E-state index contributed by atoms with van der Waals surface area (Å²) < 4.78 is 0. The summed E-state index contributed by atoms with van der Waals surface area (Å²) >= 11 is 0. The van der Waals surface area contributed by atoms with Gasteiger partial charge in [-0.1, -0.05) is 0 Å². The van der Waals surface area contributed by atoms with Crippen LogP contribution in [-0.4, -0.2) is 22.3 Å². The second-order valence-electron chi connectivity index (χ2n) is 4.32. The number of amides is 1. The van der Waals surface area contributed by atoms with Gasteiger partial charge >= 0.3 is 0 Å². The molecule has 1 atom stereocenters. The van der Waals surface area contributed by atoms with Crippen molar-refractivity contribution in [3.8, 4) is 0 Å². The Morgan fingerprint density at radius 1 is 1.56 bits per heavy atom. The Morgan fingerprint density at radius 3 is 2.94 bits per heavy atom. The highest BCUT2D eigenvalue weighted by atomic mass is 16.2. The number of nitrogens with zero attached hydrogens (tertiary/aromatic N) is 1. The zero-order valence-electron chi connectivity index (χ0n) is 9.62. The largest absolute Gasteiger partial charge is 0.336 e. The first-order valence-electron chi connectivity index (χ1n) is 5.56. The molecule has 2 rings (SSSR count). The van der Waals surface area contributed by atoms with E-state index < -0.39 is 0 Å². The molecule has 1 aliphatic rings. The van der Waals surface area contributed by atoms with Gasteiger partial charge in [0.2, 0.25) is 5.91 Å². The average molecular weight is 220 g/mol. The number of rotatable bonds is 1. The van der Waals surface area contributed by atoms with Gasteiger partial charge in [0.1, 0.15) is 0 Å². The van der Waals surface area contributed by atoms with E-state index in [9.17, 15) is 9.59 Å². The second kappa shape index (κ2) is 4.12. The number of aromatic amines is 1. The molecule has 1 N–H and O–H groups in total. The monoisotopic (exact) mass is 220 g/mol. The van der Waals surface area contributed by atoms with E-state index in [1.807, 2.05) is 11.0 Å². The maximum atomic E-state index is 11.4. The predicted octanol–water partition coefficient (Wildman–Crippen LogP) is 1.37. The van der Waals surface area contributed by atoms with Crippen LogP contribution in [0.25, 0.3) is 0 Å². The maximum absolute atomic E-state index is 11.4. The first kappa shape index (κ1) is 10.9. The molecule has 0 aromatic carbocycles. The fraction of sp³-hybridized carbons (Fsp3) is 0.500. The van der Waals surface area contributed by atoms with E-state index in [4.69, 9.17) is 0 Å². The number of likely N-dealkylation sites (tertiary alicyclic amines) is 1. The number of hydrogen-bond donors (Lipinski definition) is 1. The zero-order valence-corrected chi connectivity index (χ0v) is 9.62. The number of aryl methyl sites for hydroxylation is 1. The van der Waals surface area contributed by atoms with Gasteiger partial charge in [-0.05, 0) is 31.4 Å². The summed E-state index contributed by atoms with van der Waals surface area (Å²) in [5, 5.41) is 0. The van der Waals surface area contributed by atoms with Gasteiger partial charge in [-0.3, -0.25) is 9.59 Å². The summed E-state index contributed by atoms with van der Waals surface area (Å²) in [6.07, 6.45) is 3.73. The highest BCUT2D eigenvalue weighted by molar-refractivity contribution is 5.74. The summed E-state index contributed by atoms with van der Waals surface area (Å²) in [5.41, 5.74) is 1.67. The van der Waals surface area contributed by atoms with Crippen molar-refractivity contribution in [2.75, 3.05) is 6.54 Å². The molecule has 16 heavy (non-hydrogen) atoms. The first-order chi connectivity index (χ1) is 7.59. The van der Waals surface area contributed by atoms with E-state index in [0.29, 0.717) is 5.56 Å². The third-order valence-corrected chi connectivity index (χ3v) is 3.15. The molecule has 1 aromatic heterocycles. The number of hydrogen-bond acceptors (Lipinski definition) is 2. The fourth-order valence-electron chi connectivity index (χ4n) is 2.30. The van der Waals surface area contributed by atoms with Crippen LogP contribution in [0.4, 0.5) is 0 Å². The van der Waals surface area contributed by atoms with Crippen molar-refractivity contribution in [1.29, 1.82) is 0 Å². The van der Waals surface area contributed by atoms with Crippen molar-refractivity contribution >= 4 is 5.91 Å². The minimum Gasteiger partial charge on any atom is -0.336 e. The van der Waals surface area contributed by atoms with Crippen LogP contribution in [0.2, 0.25) is 0 Å². The molecule has 86 valence electrons. The molecule has 0 radical (unpaired) electrons. The minimum absolute atomic E-state index is 0.0591. The molecule has 1 amide bonds. The van der Waals surface area contributed by atoms with E-state index in [2.05, 4.69) is 4.98 Å². The highest BCUT2D eigenvalue weighted by Gasteiger charge is 2.27. The van der Waals surface area contributed by atoms with Gasteiger partial charge in [0, 0.05) is 25.2 Å². The average Bonchev–Trinajstić information content (AvgIpc) is 2.71. The highest BCUT2D eigenvalue weighted by Crippen LogP contribution is 2.31. The van der Waals surface area contributed by atoms with Crippen LogP contribution in [0.1, 0.15) is 36.9 Å². The minimum atomic E-state index is -0.0591. The standard InChI is InChI=1S/C12H16N2O2/c1-8-6-10(7-13-12(8)16)11-4-3-5-14(11)9(2)15/h6-7,11H,3-5H2,1-2H3,(H,13,16). The Labute approximate surface area is 94.3 Å². The number of carbonyl (C=O) groups excluding carboxylic acids is 1. The van der Waals surface area contributed by atoms with Gasteiger partial charge in [-0.15, -0.1) is 0 Å². The summed E-state index contributed by atoms with van der Waals surface area (Å²) in [6, 6.07) is 2.01. The molecule has 4 nitrogen and oxygen atoms in total. The summed E-state index contributed by atoms with van der Waals surface area (Å²) in [7, 11) is 0. The molecule has 1 aromatic rings. The SMILES string of the molecule is CC(=O)N1CCCC1c1c[nH]c(=O)c(C)c1. The van der Waals surface area contributed by atoms with Crippen molar-refractivity contribution in [1.82, 2.24) is 9.88 Å². The first-order valence-corrected chi connectivity index (χ1v) is 5.56. The molecule has 1 saturated heterocycles. The lowest BCUT2D eigenvalue weighted by Gasteiger charge is -2.23. The van der Waals surface area contributed by atoms with Crippen LogP contribution in [0.3, 0.4) is 0 Å². The van der Waals surface area contributed by atoms with Crippen molar-refractivity contribution < 1.29 is 4.79 Å². The van der Waals surface area contributed by atoms with Gasteiger partial charge < -0.3 is 9.88 Å². The summed E-state index contributed by atoms with van der Waals surface area (Å²) in [6.45, 7) is 4.20. The Bertz CT molecular complexity index is 464. The fourth-order valence-corrected chi connectivity index (χ4v) is 2.30. The third-order valence-electron chi connectivity index (χ3n) is 3.15. The number of H-pyrrole nitrogens is 1. The van der Waals surface area contributed by atoms with E-state index in [1.165, 1.54) is 0 Å². The second-order valence-corrected chi connectivity index (χ2v) is 4.32. The van der Waals surface area contributed by atoms with Crippen LogP contribution in [0, 0.1) is 6.92 Å². The Morgan fingerprint density at radius 2 is 2.31 bits per heavy atom. The van der Waals surface area contributed by atoms with Crippen LogP contribution in [-0.2, 0) is 4.79 Å². The Balaban J connectivity index is 2.33. The third kappa shape index (κ3) is 1.87. The van der Waals surface area contributed by atoms with E-state index in [0.717, 1.165) is 24.9 Å². The summed E-state index contributed by atoms with van der Waals surface area (Å²) in [5.74, 6) is 0.103. The van der Waals surface area contributed by atoms with Crippen LogP contribution >= 0.6 is 0 Å². The van der Waals surface area contributed by atoms with Gasteiger partial charge in [-0.2, -0.15) is 0 Å². The molecule has 0 bridgehead atoms. The molecule has 0 aliphatic carbocycles. The topological polar surface area (TPSA) is 53.2 Å². The van der Waals surface area contributed by atoms with Crippen LogP contribution in [0.5, 0.6) is 0 Å². The van der Waals surface area contributed by atoms with Gasteiger partial charge in [0.15, 0.2) is 0 Å². The maximum Gasteiger partial charge on any atom is 0.250 e. The lowest BCUT2D eigenvalue weighted by atomic mass is 10.1. The van der Waals surface area contributed by atoms with E-state index >= 15 is 0 Å². The molecule has 1 aliphatic heterocycles. The summed E-state index contributed by atoms with van der Waals surface area (Å²) in [4.78, 5) is 27.3. The quantitative estimate of drug-likeness (QED) is 0.777. The van der Waals surface area contributed by atoms with E-state index in [-0.39, 0.29) is 17.5 Å². The lowest BCUT2D eigenvalue weighted by molar-refractivity contribution is -0.129. The molecule has 2 heterocycles. The van der Waals surface area contributed by atoms with Gasteiger partial charge in [-0.25, -0.2) is 0 Å². The van der Waals surface area contributed by atoms with Crippen LogP contribution in [0.15, 0.2) is 17.1 Å². The Kier molecular flexibility index (Phi) is 2.81. The molecular formula is C12H16N2O2. The van der Waals surface area contributed by atoms with Gasteiger partial charge in [0.25, 0.3) is 5.56 Å². The normalized spacial score (nSPS) is 20.1. The van der Waals surface area contributed by atoms with Gasteiger partial charge in [0.05, 0.1) is 6.04 Å². The zero-order chi connectivity index (χ0) is 11.7. The van der Waals surface area contributed by atoms with Crippen molar-refractivity contribution in [2.24, 2.45) is 0 Å². The number of aromatic nitrogens is 1. The smallest absolute Gasteiger partial charge is 0.250 e.